The van der Waals surface area contributed by atoms with Crippen LogP contribution in [0.5, 0.6) is 0 Å². The molecule has 3 nitrogen and oxygen atoms in total. The van der Waals surface area contributed by atoms with E-state index < -0.39 is 5.54 Å². The van der Waals surface area contributed by atoms with Crippen LogP contribution >= 0.6 is 11.6 Å². The van der Waals surface area contributed by atoms with E-state index in [0.29, 0.717) is 16.9 Å². The number of nitrogens with two attached hydrogens (primary N) is 1. The minimum absolute atomic E-state index is 0.225. The number of rotatable bonds is 4. The van der Waals surface area contributed by atoms with Crippen LogP contribution in [-0.4, -0.2) is 11.4 Å². The molecule has 2 rings (SSSR count). The first-order valence-electron chi connectivity index (χ1n) is 7.69. The smallest absolute Gasteiger partial charge is 0.243 e. The Bertz CT molecular complexity index is 517. The molecule has 1 saturated carbocycles. The molecular formula is C17H25ClN2O. The highest BCUT2D eigenvalue weighted by Gasteiger charge is 2.49. The summed E-state index contributed by atoms with van der Waals surface area (Å²) < 4.78 is 0. The molecule has 1 fully saturated rings. The van der Waals surface area contributed by atoms with Crippen LogP contribution in [0.2, 0.25) is 5.02 Å². The predicted molar refractivity (Wildman–Crippen MR) is 88.3 cm³/mol. The number of carbonyl (C=O) groups excluding carboxylic acids is 1. The molecule has 0 bridgehead atoms. The molecule has 3 atom stereocenters. The van der Waals surface area contributed by atoms with Crippen molar-refractivity contribution in [3.63, 3.8) is 0 Å². The fourth-order valence-electron chi connectivity index (χ4n) is 3.71. The third kappa shape index (κ3) is 3.18. The molecule has 0 aromatic heterocycles. The first-order valence-corrected chi connectivity index (χ1v) is 8.07. The lowest BCUT2D eigenvalue weighted by molar-refractivity contribution is -0.126. The molecule has 0 saturated heterocycles. The average Bonchev–Trinajstić information content (AvgIpc) is 2.41. The van der Waals surface area contributed by atoms with E-state index in [9.17, 15) is 4.79 Å². The van der Waals surface area contributed by atoms with E-state index >= 15 is 0 Å². The second kappa shape index (κ2) is 6.27. The number of primary amides is 1. The van der Waals surface area contributed by atoms with Gasteiger partial charge in [0.15, 0.2) is 0 Å². The van der Waals surface area contributed by atoms with Crippen molar-refractivity contribution in [2.75, 3.05) is 5.32 Å². The van der Waals surface area contributed by atoms with Crippen LogP contribution in [0, 0.1) is 17.8 Å². The molecular weight excluding hydrogens is 284 g/mol. The minimum Gasteiger partial charge on any atom is -0.370 e. The van der Waals surface area contributed by atoms with E-state index in [-0.39, 0.29) is 11.8 Å². The van der Waals surface area contributed by atoms with Crippen LogP contribution in [0.25, 0.3) is 0 Å². The molecule has 3 N–H and O–H groups in total. The molecule has 0 spiro atoms. The number of hydrogen-bond acceptors (Lipinski definition) is 2. The molecule has 0 heterocycles. The van der Waals surface area contributed by atoms with Crippen LogP contribution in [0.3, 0.4) is 0 Å². The van der Waals surface area contributed by atoms with Crippen molar-refractivity contribution in [1.82, 2.24) is 0 Å². The maximum atomic E-state index is 12.4. The van der Waals surface area contributed by atoms with Crippen molar-refractivity contribution >= 4 is 23.2 Å². The summed E-state index contributed by atoms with van der Waals surface area (Å²) in [6, 6.07) is 7.53. The Morgan fingerprint density at radius 3 is 2.62 bits per heavy atom. The number of amides is 1. The molecule has 0 radical (unpaired) electrons. The first kappa shape index (κ1) is 16.2. The largest absolute Gasteiger partial charge is 0.370 e. The van der Waals surface area contributed by atoms with E-state index in [1.165, 1.54) is 0 Å². The topological polar surface area (TPSA) is 55.1 Å². The molecule has 3 unspecified atom stereocenters. The number of hydrogen-bond donors (Lipinski definition) is 2. The number of anilines is 1. The molecule has 1 aliphatic rings. The van der Waals surface area contributed by atoms with E-state index in [1.807, 2.05) is 24.3 Å². The fraction of sp³-hybridized carbons (Fsp3) is 0.588. The van der Waals surface area contributed by atoms with Gasteiger partial charge < -0.3 is 11.1 Å². The maximum Gasteiger partial charge on any atom is 0.243 e. The van der Waals surface area contributed by atoms with Crippen LogP contribution in [-0.2, 0) is 4.79 Å². The van der Waals surface area contributed by atoms with Gasteiger partial charge in [0.2, 0.25) is 5.91 Å². The normalized spacial score (nSPS) is 29.4. The third-order valence-corrected chi connectivity index (χ3v) is 5.08. The summed E-state index contributed by atoms with van der Waals surface area (Å²) in [6.07, 6.45) is 2.91. The molecule has 1 aromatic carbocycles. The summed E-state index contributed by atoms with van der Waals surface area (Å²) in [5, 5.41) is 4.04. The van der Waals surface area contributed by atoms with E-state index in [1.54, 1.807) is 0 Å². The monoisotopic (exact) mass is 308 g/mol. The highest BCUT2D eigenvalue weighted by molar-refractivity contribution is 6.33. The minimum atomic E-state index is -0.711. The Kier molecular flexibility index (Phi) is 4.82. The summed E-state index contributed by atoms with van der Waals surface area (Å²) in [5.74, 6) is 0.817. The standard InChI is InChI=1S/C17H25ClN2O/c1-11(2)13-9-8-12(3)10-17(13,16(19)21)20-15-7-5-4-6-14(15)18/h4-7,11-13,20H,8-10H2,1-3H3,(H2,19,21). The zero-order valence-corrected chi connectivity index (χ0v) is 13.8. The summed E-state index contributed by atoms with van der Waals surface area (Å²) in [5.41, 5.74) is 5.92. The zero-order chi connectivity index (χ0) is 15.6. The molecule has 21 heavy (non-hydrogen) atoms. The van der Waals surface area contributed by atoms with Crippen molar-refractivity contribution in [3.05, 3.63) is 29.3 Å². The number of nitrogens with one attached hydrogen (secondary N) is 1. The van der Waals surface area contributed by atoms with E-state index in [0.717, 1.165) is 24.9 Å². The van der Waals surface area contributed by atoms with Gasteiger partial charge in [-0.15, -0.1) is 0 Å². The molecule has 1 aromatic rings. The van der Waals surface area contributed by atoms with Crippen molar-refractivity contribution in [2.45, 2.75) is 45.6 Å². The van der Waals surface area contributed by atoms with E-state index in [2.05, 4.69) is 26.1 Å². The van der Waals surface area contributed by atoms with Gasteiger partial charge in [0, 0.05) is 0 Å². The second-order valence-electron chi connectivity index (χ2n) is 6.68. The van der Waals surface area contributed by atoms with Gasteiger partial charge in [-0.3, -0.25) is 4.79 Å². The Morgan fingerprint density at radius 1 is 1.38 bits per heavy atom. The summed E-state index contributed by atoms with van der Waals surface area (Å²) >= 11 is 6.26. The van der Waals surface area contributed by atoms with Crippen LogP contribution in [0.4, 0.5) is 5.69 Å². The molecule has 1 aliphatic carbocycles. The van der Waals surface area contributed by atoms with E-state index in [4.69, 9.17) is 17.3 Å². The second-order valence-corrected chi connectivity index (χ2v) is 7.08. The average molecular weight is 309 g/mol. The van der Waals surface area contributed by atoms with Crippen molar-refractivity contribution in [1.29, 1.82) is 0 Å². The molecule has 0 aliphatic heterocycles. The first-order chi connectivity index (χ1) is 9.86. The zero-order valence-electron chi connectivity index (χ0n) is 13.0. The molecule has 4 heteroatoms. The highest BCUT2D eigenvalue weighted by atomic mass is 35.5. The highest BCUT2D eigenvalue weighted by Crippen LogP contribution is 2.43. The summed E-state index contributed by atoms with van der Waals surface area (Å²) in [4.78, 5) is 12.4. The quantitative estimate of drug-likeness (QED) is 0.881. The van der Waals surface area contributed by atoms with Gasteiger partial charge in [-0.05, 0) is 42.7 Å². The molecule has 1 amide bonds. The summed E-state index contributed by atoms with van der Waals surface area (Å²) in [6.45, 7) is 6.50. The Balaban J connectivity index is 2.42. The van der Waals surface area contributed by atoms with Gasteiger partial charge in [-0.25, -0.2) is 0 Å². The maximum absolute atomic E-state index is 12.4. The van der Waals surface area contributed by atoms with Gasteiger partial charge in [0.1, 0.15) is 5.54 Å². The number of halogens is 1. The van der Waals surface area contributed by atoms with Crippen molar-refractivity contribution < 1.29 is 4.79 Å². The SMILES string of the molecule is CC1CCC(C(C)C)C(Nc2ccccc2Cl)(C(N)=O)C1. The van der Waals surface area contributed by atoms with Crippen LogP contribution in [0.1, 0.15) is 40.0 Å². The van der Waals surface area contributed by atoms with Gasteiger partial charge in [0.25, 0.3) is 0 Å². The lowest BCUT2D eigenvalue weighted by atomic mass is 9.64. The number of benzene rings is 1. The Morgan fingerprint density at radius 2 is 2.05 bits per heavy atom. The number of carbonyl (C=O) groups is 1. The van der Waals surface area contributed by atoms with Crippen LogP contribution in [0.15, 0.2) is 24.3 Å². The summed E-state index contributed by atoms with van der Waals surface area (Å²) in [7, 11) is 0. The predicted octanol–water partition coefficient (Wildman–Crippen LogP) is 4.07. The Hall–Kier alpha value is -1.22. The lowest BCUT2D eigenvalue weighted by Gasteiger charge is -2.47. The third-order valence-electron chi connectivity index (χ3n) is 4.75. The van der Waals surface area contributed by atoms with Crippen molar-refractivity contribution in [2.24, 2.45) is 23.5 Å². The van der Waals surface area contributed by atoms with Crippen molar-refractivity contribution in [3.8, 4) is 0 Å². The van der Waals surface area contributed by atoms with Gasteiger partial charge in [0.05, 0.1) is 10.7 Å². The van der Waals surface area contributed by atoms with Gasteiger partial charge in [-0.2, -0.15) is 0 Å². The lowest BCUT2D eigenvalue weighted by Crippen LogP contribution is -2.60. The Labute approximate surface area is 132 Å². The number of para-hydroxylation sites is 1. The van der Waals surface area contributed by atoms with Crippen LogP contribution < -0.4 is 11.1 Å². The molecule has 116 valence electrons. The fourth-order valence-corrected chi connectivity index (χ4v) is 3.89. The van der Waals surface area contributed by atoms with Gasteiger partial charge >= 0.3 is 0 Å². The van der Waals surface area contributed by atoms with Gasteiger partial charge in [-0.1, -0.05) is 50.9 Å².